The molecule has 1 aromatic carbocycles. The highest BCUT2D eigenvalue weighted by atomic mass is 16.5. The summed E-state index contributed by atoms with van der Waals surface area (Å²) in [5, 5.41) is 3.22. The Morgan fingerprint density at radius 1 is 1.53 bits per heavy atom. The van der Waals surface area contributed by atoms with Crippen LogP contribution < -0.4 is 10.2 Å². The van der Waals surface area contributed by atoms with Crippen LogP contribution in [0.2, 0.25) is 0 Å². The Morgan fingerprint density at radius 3 is 2.76 bits per heavy atom. The summed E-state index contributed by atoms with van der Waals surface area (Å²) in [6.45, 7) is 6.27. The Morgan fingerprint density at radius 2 is 2.24 bits per heavy atom. The van der Waals surface area contributed by atoms with Crippen LogP contribution in [0.3, 0.4) is 0 Å². The van der Waals surface area contributed by atoms with Gasteiger partial charge in [-0.25, -0.2) is 0 Å². The van der Waals surface area contributed by atoms with Gasteiger partial charge in [-0.1, -0.05) is 6.07 Å². The third kappa shape index (κ3) is 3.46. The molecule has 1 rings (SSSR count). The van der Waals surface area contributed by atoms with E-state index in [0.717, 1.165) is 17.9 Å². The Labute approximate surface area is 103 Å². The van der Waals surface area contributed by atoms with Crippen LogP contribution in [-0.2, 0) is 9.53 Å². The van der Waals surface area contributed by atoms with Crippen molar-refractivity contribution < 1.29 is 9.53 Å². The molecular formula is C13H20N2O2. The van der Waals surface area contributed by atoms with E-state index >= 15 is 0 Å². The summed E-state index contributed by atoms with van der Waals surface area (Å²) in [6, 6.07) is 7.74. The topological polar surface area (TPSA) is 41.6 Å². The van der Waals surface area contributed by atoms with E-state index in [1.165, 1.54) is 6.92 Å². The largest absolute Gasteiger partial charge is 0.385 e. The molecule has 1 N–H and O–H groups in total. The van der Waals surface area contributed by atoms with Gasteiger partial charge >= 0.3 is 0 Å². The van der Waals surface area contributed by atoms with Crippen molar-refractivity contribution in [1.29, 1.82) is 0 Å². The standard InChI is InChI=1S/C13H20N2O2/c1-5-14-12-7-6-8-13(9-12)15(10(2)16)11(3)17-4/h6-9,11,14H,5H2,1-4H3. The molecule has 4 heteroatoms. The molecule has 0 saturated heterocycles. The molecule has 0 aromatic heterocycles. The average molecular weight is 236 g/mol. The van der Waals surface area contributed by atoms with E-state index in [-0.39, 0.29) is 12.1 Å². The monoisotopic (exact) mass is 236 g/mol. The Bertz CT molecular complexity index is 379. The van der Waals surface area contributed by atoms with Crippen LogP contribution in [-0.4, -0.2) is 25.8 Å². The molecule has 0 aliphatic rings. The van der Waals surface area contributed by atoms with Gasteiger partial charge in [0.1, 0.15) is 6.23 Å². The fourth-order valence-electron chi connectivity index (χ4n) is 1.72. The smallest absolute Gasteiger partial charge is 0.225 e. The first-order valence-electron chi connectivity index (χ1n) is 5.76. The number of carbonyl (C=O) groups excluding carboxylic acids is 1. The lowest BCUT2D eigenvalue weighted by Gasteiger charge is -2.27. The normalized spacial score (nSPS) is 12.0. The van der Waals surface area contributed by atoms with Crippen LogP contribution >= 0.6 is 0 Å². The number of anilines is 2. The third-order valence-corrected chi connectivity index (χ3v) is 2.55. The molecule has 1 amide bonds. The van der Waals surface area contributed by atoms with Gasteiger partial charge in [0.15, 0.2) is 0 Å². The molecule has 0 radical (unpaired) electrons. The third-order valence-electron chi connectivity index (χ3n) is 2.55. The van der Waals surface area contributed by atoms with Gasteiger partial charge in [-0.3, -0.25) is 9.69 Å². The number of benzene rings is 1. The summed E-state index contributed by atoms with van der Waals surface area (Å²) in [7, 11) is 1.59. The van der Waals surface area contributed by atoms with E-state index in [2.05, 4.69) is 5.32 Å². The van der Waals surface area contributed by atoms with Crippen LogP contribution in [0.5, 0.6) is 0 Å². The lowest BCUT2D eigenvalue weighted by atomic mass is 10.2. The molecule has 0 aliphatic carbocycles. The van der Waals surface area contributed by atoms with E-state index in [9.17, 15) is 4.79 Å². The van der Waals surface area contributed by atoms with Gasteiger partial charge in [-0.05, 0) is 32.0 Å². The summed E-state index contributed by atoms with van der Waals surface area (Å²) in [6.07, 6.45) is -0.274. The highest BCUT2D eigenvalue weighted by Crippen LogP contribution is 2.21. The number of nitrogens with one attached hydrogen (secondary N) is 1. The van der Waals surface area contributed by atoms with E-state index in [1.54, 1.807) is 12.0 Å². The molecule has 0 spiro atoms. The predicted molar refractivity (Wildman–Crippen MR) is 70.2 cm³/mol. The fraction of sp³-hybridized carbons (Fsp3) is 0.462. The molecule has 0 bridgehead atoms. The van der Waals surface area contributed by atoms with Crippen molar-refractivity contribution in [2.75, 3.05) is 23.9 Å². The Hall–Kier alpha value is -1.55. The highest BCUT2D eigenvalue weighted by molar-refractivity contribution is 5.92. The SMILES string of the molecule is CCNc1cccc(N(C(C)=O)C(C)OC)c1. The fourth-order valence-corrected chi connectivity index (χ4v) is 1.72. The van der Waals surface area contributed by atoms with Gasteiger partial charge in [0.2, 0.25) is 5.91 Å². The second-order valence-electron chi connectivity index (χ2n) is 3.80. The summed E-state index contributed by atoms with van der Waals surface area (Å²) >= 11 is 0. The lowest BCUT2D eigenvalue weighted by molar-refractivity contribution is -0.118. The molecule has 0 fully saturated rings. The molecular weight excluding hydrogens is 216 g/mol. The van der Waals surface area contributed by atoms with Crippen LogP contribution in [0.15, 0.2) is 24.3 Å². The van der Waals surface area contributed by atoms with Crippen molar-refractivity contribution in [2.45, 2.75) is 27.0 Å². The first-order chi connectivity index (χ1) is 8.10. The van der Waals surface area contributed by atoms with Gasteiger partial charge in [0.25, 0.3) is 0 Å². The van der Waals surface area contributed by atoms with Gasteiger partial charge in [-0.2, -0.15) is 0 Å². The summed E-state index contributed by atoms with van der Waals surface area (Å²) in [4.78, 5) is 13.3. The van der Waals surface area contributed by atoms with Crippen molar-refractivity contribution >= 4 is 17.3 Å². The van der Waals surface area contributed by atoms with Crippen molar-refractivity contribution in [3.8, 4) is 0 Å². The van der Waals surface area contributed by atoms with E-state index in [4.69, 9.17) is 4.74 Å². The molecule has 0 saturated carbocycles. The maximum absolute atomic E-state index is 11.6. The van der Waals surface area contributed by atoms with Gasteiger partial charge < -0.3 is 10.1 Å². The molecule has 4 nitrogen and oxygen atoms in total. The quantitative estimate of drug-likeness (QED) is 0.798. The van der Waals surface area contributed by atoms with Crippen molar-refractivity contribution in [2.24, 2.45) is 0 Å². The van der Waals surface area contributed by atoms with Crippen LogP contribution in [0, 0.1) is 0 Å². The summed E-state index contributed by atoms with van der Waals surface area (Å²) < 4.78 is 5.21. The zero-order chi connectivity index (χ0) is 12.8. The van der Waals surface area contributed by atoms with Crippen molar-refractivity contribution in [3.63, 3.8) is 0 Å². The molecule has 94 valence electrons. The van der Waals surface area contributed by atoms with Gasteiger partial charge in [0, 0.05) is 32.0 Å². The first-order valence-corrected chi connectivity index (χ1v) is 5.76. The molecule has 1 aromatic rings. The van der Waals surface area contributed by atoms with E-state index < -0.39 is 0 Å². The van der Waals surface area contributed by atoms with Crippen LogP contribution in [0.4, 0.5) is 11.4 Å². The number of hydrogen-bond donors (Lipinski definition) is 1. The summed E-state index contributed by atoms with van der Waals surface area (Å²) in [5.41, 5.74) is 1.84. The molecule has 0 aliphatic heterocycles. The second kappa shape index (κ2) is 6.25. The maximum Gasteiger partial charge on any atom is 0.225 e. The molecule has 1 unspecified atom stereocenters. The van der Waals surface area contributed by atoms with E-state index in [0.29, 0.717) is 0 Å². The van der Waals surface area contributed by atoms with Crippen molar-refractivity contribution in [3.05, 3.63) is 24.3 Å². The number of hydrogen-bond acceptors (Lipinski definition) is 3. The number of nitrogens with zero attached hydrogens (tertiary/aromatic N) is 1. The number of ether oxygens (including phenoxy) is 1. The van der Waals surface area contributed by atoms with E-state index in [1.807, 2.05) is 38.1 Å². The molecule has 0 heterocycles. The predicted octanol–water partition coefficient (Wildman–Crippen LogP) is 2.46. The Balaban J connectivity index is 3.01. The molecule has 1 atom stereocenters. The minimum Gasteiger partial charge on any atom is -0.385 e. The van der Waals surface area contributed by atoms with Crippen molar-refractivity contribution in [1.82, 2.24) is 0 Å². The minimum atomic E-state index is -0.274. The highest BCUT2D eigenvalue weighted by Gasteiger charge is 2.18. The average Bonchev–Trinajstić information content (AvgIpc) is 2.29. The Kier molecular flexibility index (Phi) is 4.97. The number of rotatable bonds is 5. The number of methoxy groups -OCH3 is 1. The maximum atomic E-state index is 11.6. The summed E-state index contributed by atoms with van der Waals surface area (Å²) in [5.74, 6) is -0.0343. The van der Waals surface area contributed by atoms with Gasteiger partial charge in [-0.15, -0.1) is 0 Å². The zero-order valence-corrected chi connectivity index (χ0v) is 10.9. The number of amides is 1. The number of carbonyl (C=O) groups is 1. The lowest BCUT2D eigenvalue weighted by Crippen LogP contribution is -2.38. The van der Waals surface area contributed by atoms with Gasteiger partial charge in [0.05, 0.1) is 0 Å². The molecule has 17 heavy (non-hydrogen) atoms. The van der Waals surface area contributed by atoms with Crippen LogP contribution in [0.25, 0.3) is 0 Å². The minimum absolute atomic E-state index is 0.0343. The zero-order valence-electron chi connectivity index (χ0n) is 10.9. The second-order valence-corrected chi connectivity index (χ2v) is 3.80. The first kappa shape index (κ1) is 13.5. The van der Waals surface area contributed by atoms with Crippen LogP contribution in [0.1, 0.15) is 20.8 Å².